The van der Waals surface area contributed by atoms with Crippen molar-refractivity contribution < 1.29 is 18.7 Å². The summed E-state index contributed by atoms with van der Waals surface area (Å²) in [5, 5.41) is 10.2. The van der Waals surface area contributed by atoms with E-state index < -0.39 is 21.8 Å². The van der Waals surface area contributed by atoms with Gasteiger partial charge in [0.1, 0.15) is 0 Å². The third-order valence-corrected chi connectivity index (χ3v) is 9.78. The quantitative estimate of drug-likeness (QED) is 0.491. The number of rotatable bonds is 9. The molecule has 2 atom stereocenters. The summed E-state index contributed by atoms with van der Waals surface area (Å²) in [6.07, 6.45) is 1.47. The Morgan fingerprint density at radius 3 is 1.86 bits per heavy atom. The molecule has 0 rings (SSSR count). The first-order valence-corrected chi connectivity index (χ1v) is 12.8. The van der Waals surface area contributed by atoms with Gasteiger partial charge in [-0.1, -0.05) is 46.5 Å². The van der Waals surface area contributed by atoms with Crippen LogP contribution in [-0.4, -0.2) is 32.5 Å². The van der Waals surface area contributed by atoms with Gasteiger partial charge in [-0.05, 0) is 19.8 Å². The Morgan fingerprint density at radius 2 is 1.57 bits per heavy atom. The highest BCUT2D eigenvalue weighted by molar-refractivity contribution is 7.62. The number of hydrogen-bond acceptors (Lipinski definition) is 4. The number of aliphatic hydroxyl groups is 1. The summed E-state index contributed by atoms with van der Waals surface area (Å²) < 4.78 is 24.2. The molecular weight excluding hydrogens is 303 g/mol. The van der Waals surface area contributed by atoms with Crippen molar-refractivity contribution in [2.24, 2.45) is 11.8 Å². The molecule has 0 amide bonds. The van der Waals surface area contributed by atoms with Crippen LogP contribution in [0.2, 0.25) is 19.6 Å². The second-order valence-electron chi connectivity index (χ2n) is 6.73. The van der Waals surface area contributed by atoms with Crippen LogP contribution in [0.15, 0.2) is 11.0 Å². The Labute approximate surface area is 131 Å². The third kappa shape index (κ3) is 6.37. The summed E-state index contributed by atoms with van der Waals surface area (Å²) in [6, 6.07) is 0. The average Bonchev–Trinajstić information content (AvgIpc) is 2.33. The van der Waals surface area contributed by atoms with E-state index in [1.54, 1.807) is 0 Å². The van der Waals surface area contributed by atoms with Gasteiger partial charge < -0.3 is 14.2 Å². The Hall–Kier alpha value is 0.0669. The minimum atomic E-state index is -3.26. The van der Waals surface area contributed by atoms with E-state index in [-0.39, 0.29) is 11.8 Å². The van der Waals surface area contributed by atoms with Crippen LogP contribution >= 0.6 is 7.60 Å². The zero-order valence-electron chi connectivity index (χ0n) is 14.8. The lowest BCUT2D eigenvalue weighted by atomic mass is 9.95. The molecule has 0 aromatic heterocycles. The maximum Gasteiger partial charge on any atom is 0.353 e. The molecule has 2 unspecified atom stereocenters. The molecule has 0 saturated heterocycles. The van der Waals surface area contributed by atoms with Crippen molar-refractivity contribution in [1.29, 1.82) is 0 Å². The molecule has 0 radical (unpaired) electrons. The van der Waals surface area contributed by atoms with E-state index >= 15 is 0 Å². The van der Waals surface area contributed by atoms with E-state index in [2.05, 4.69) is 19.6 Å². The van der Waals surface area contributed by atoms with Crippen molar-refractivity contribution in [3.63, 3.8) is 0 Å². The SMILES string of the molecule is CCOP(=O)(OCC)/C(=C\C(C)C(O)C(C)C)[Si](C)(C)C. The van der Waals surface area contributed by atoms with Gasteiger partial charge >= 0.3 is 7.60 Å². The largest absolute Gasteiger partial charge is 0.392 e. The van der Waals surface area contributed by atoms with E-state index in [0.717, 1.165) is 4.94 Å². The maximum atomic E-state index is 13.1. The zero-order valence-corrected chi connectivity index (χ0v) is 16.7. The fourth-order valence-electron chi connectivity index (χ4n) is 2.22. The summed E-state index contributed by atoms with van der Waals surface area (Å²) in [5.41, 5.74) is 0. The molecule has 1 N–H and O–H groups in total. The highest BCUT2D eigenvalue weighted by Crippen LogP contribution is 2.59. The first-order valence-electron chi connectivity index (χ1n) is 7.79. The Morgan fingerprint density at radius 1 is 1.14 bits per heavy atom. The van der Waals surface area contributed by atoms with Crippen LogP contribution in [0.1, 0.15) is 34.6 Å². The lowest BCUT2D eigenvalue weighted by Crippen LogP contribution is -2.29. The topological polar surface area (TPSA) is 55.8 Å². The van der Waals surface area contributed by atoms with Crippen LogP contribution < -0.4 is 0 Å². The molecule has 0 saturated carbocycles. The summed E-state index contributed by atoms with van der Waals surface area (Å²) in [7, 11) is -5.17. The molecule has 0 heterocycles. The van der Waals surface area contributed by atoms with Gasteiger partial charge in [0.05, 0.1) is 27.4 Å². The molecule has 126 valence electrons. The number of aliphatic hydroxyl groups excluding tert-OH is 1. The van der Waals surface area contributed by atoms with Crippen molar-refractivity contribution >= 4 is 15.7 Å². The molecule has 0 bridgehead atoms. The normalized spacial score (nSPS) is 17.1. The molecule has 4 nitrogen and oxygen atoms in total. The van der Waals surface area contributed by atoms with E-state index in [0.29, 0.717) is 13.2 Å². The molecule has 0 fully saturated rings. The van der Waals surface area contributed by atoms with Crippen LogP contribution in [0.25, 0.3) is 0 Å². The van der Waals surface area contributed by atoms with E-state index in [1.807, 2.05) is 40.7 Å². The van der Waals surface area contributed by atoms with Gasteiger partial charge in [0.15, 0.2) is 0 Å². The van der Waals surface area contributed by atoms with Crippen LogP contribution in [-0.2, 0) is 13.6 Å². The van der Waals surface area contributed by atoms with Crippen LogP contribution in [0, 0.1) is 11.8 Å². The van der Waals surface area contributed by atoms with Crippen LogP contribution in [0.3, 0.4) is 0 Å². The highest BCUT2D eigenvalue weighted by atomic mass is 31.2. The first kappa shape index (κ1) is 21.1. The monoisotopic (exact) mass is 336 g/mol. The predicted molar refractivity (Wildman–Crippen MR) is 92.3 cm³/mol. The van der Waals surface area contributed by atoms with Crippen LogP contribution in [0.5, 0.6) is 0 Å². The summed E-state index contributed by atoms with van der Waals surface area (Å²) in [4.78, 5) is 0.783. The van der Waals surface area contributed by atoms with Gasteiger partial charge in [0.25, 0.3) is 0 Å². The maximum absolute atomic E-state index is 13.1. The van der Waals surface area contributed by atoms with Crippen molar-refractivity contribution in [1.82, 2.24) is 0 Å². The summed E-state index contributed by atoms with van der Waals surface area (Å²) in [5.74, 6) is 0.0682. The van der Waals surface area contributed by atoms with Gasteiger partial charge in [-0.3, -0.25) is 4.57 Å². The summed E-state index contributed by atoms with van der Waals surface area (Å²) >= 11 is 0. The van der Waals surface area contributed by atoms with Gasteiger partial charge in [0.2, 0.25) is 0 Å². The molecule has 0 aliphatic heterocycles. The van der Waals surface area contributed by atoms with Gasteiger partial charge in [0, 0.05) is 10.9 Å². The van der Waals surface area contributed by atoms with Crippen LogP contribution in [0.4, 0.5) is 0 Å². The molecule has 6 heteroatoms. The fraction of sp³-hybridized carbons (Fsp3) is 0.867. The number of hydrogen-bond donors (Lipinski definition) is 1. The van der Waals surface area contributed by atoms with E-state index in [4.69, 9.17) is 9.05 Å². The summed E-state index contributed by atoms with van der Waals surface area (Å²) in [6.45, 7) is 16.6. The standard InChI is InChI=1S/C15H33O4PSi/c1-9-18-20(17,19-10-2)14(21(6,7)8)11-13(5)15(16)12(3)4/h11-13,15-16H,9-10H2,1-8H3/b14-11+. The smallest absolute Gasteiger partial charge is 0.353 e. The minimum Gasteiger partial charge on any atom is -0.392 e. The average molecular weight is 336 g/mol. The molecule has 0 aliphatic rings. The Bertz CT molecular complexity index is 378. The molecule has 21 heavy (non-hydrogen) atoms. The molecular formula is C15H33O4PSi. The first-order chi connectivity index (χ1) is 9.49. The predicted octanol–water partition coefficient (Wildman–Crippen LogP) is 4.67. The lowest BCUT2D eigenvalue weighted by molar-refractivity contribution is 0.0910. The van der Waals surface area contributed by atoms with Crippen molar-refractivity contribution in [3.8, 4) is 0 Å². The second-order valence-corrected chi connectivity index (χ2v) is 14.2. The fourth-order valence-corrected chi connectivity index (χ4v) is 8.11. The van der Waals surface area contributed by atoms with Gasteiger partial charge in [-0.25, -0.2) is 0 Å². The minimum absolute atomic E-state index is 0.0824. The molecule has 0 spiro atoms. The van der Waals surface area contributed by atoms with E-state index in [1.165, 1.54) is 0 Å². The molecule has 0 aromatic rings. The van der Waals surface area contributed by atoms with Crippen molar-refractivity contribution in [2.75, 3.05) is 13.2 Å². The van der Waals surface area contributed by atoms with Crippen molar-refractivity contribution in [2.45, 2.75) is 60.4 Å². The van der Waals surface area contributed by atoms with E-state index in [9.17, 15) is 9.67 Å². The van der Waals surface area contributed by atoms with Gasteiger partial charge in [-0.15, -0.1) is 0 Å². The lowest BCUT2D eigenvalue weighted by Gasteiger charge is -2.30. The second kappa shape index (κ2) is 8.63. The Kier molecular flexibility index (Phi) is 8.66. The third-order valence-electron chi connectivity index (χ3n) is 3.30. The molecule has 0 aromatic carbocycles. The molecule has 0 aliphatic carbocycles. The van der Waals surface area contributed by atoms with Crippen molar-refractivity contribution in [3.05, 3.63) is 11.0 Å². The zero-order chi connectivity index (χ0) is 16.8. The highest BCUT2D eigenvalue weighted by Gasteiger charge is 2.39. The van der Waals surface area contributed by atoms with Gasteiger partial charge in [-0.2, -0.15) is 0 Å². The Balaban J connectivity index is 5.72.